The Kier molecular flexibility index (Phi) is 4.06. The summed E-state index contributed by atoms with van der Waals surface area (Å²) in [5, 5.41) is 7.14. The molecule has 0 fully saturated rings. The van der Waals surface area contributed by atoms with Crippen molar-refractivity contribution in [2.24, 2.45) is 18.7 Å². The van der Waals surface area contributed by atoms with Crippen molar-refractivity contribution in [1.82, 2.24) is 9.78 Å². The summed E-state index contributed by atoms with van der Waals surface area (Å²) in [7, 11) is 1.86. The van der Waals surface area contributed by atoms with E-state index in [0.29, 0.717) is 6.54 Å². The van der Waals surface area contributed by atoms with Crippen molar-refractivity contribution < 1.29 is 4.79 Å². The predicted molar refractivity (Wildman–Crippen MR) is 64.1 cm³/mol. The molecule has 5 nitrogen and oxygen atoms in total. The van der Waals surface area contributed by atoms with E-state index in [1.165, 1.54) is 0 Å². The maximum atomic E-state index is 11.9. The number of nitrogens with zero attached hydrogens (tertiary/aromatic N) is 2. The highest BCUT2D eigenvalue weighted by molar-refractivity contribution is 5.93. The Labute approximate surface area is 96.0 Å². The topological polar surface area (TPSA) is 72.9 Å². The number of rotatable bonds is 4. The molecule has 0 bridgehead atoms. The summed E-state index contributed by atoms with van der Waals surface area (Å²) in [5.41, 5.74) is 8.13. The van der Waals surface area contributed by atoms with Crippen LogP contribution in [0.2, 0.25) is 0 Å². The maximum Gasteiger partial charge on any atom is 0.228 e. The average Bonchev–Trinajstić information content (AvgIpc) is 2.47. The third-order valence-electron chi connectivity index (χ3n) is 2.91. The lowest BCUT2D eigenvalue weighted by Gasteiger charge is -2.12. The molecule has 0 saturated carbocycles. The molecule has 0 aliphatic heterocycles. The first kappa shape index (κ1) is 12.7. The highest BCUT2D eigenvalue weighted by atomic mass is 16.1. The van der Waals surface area contributed by atoms with Crippen LogP contribution < -0.4 is 11.1 Å². The number of carbonyl (C=O) groups excluding carboxylic acids is 1. The highest BCUT2D eigenvalue weighted by Crippen LogP contribution is 2.19. The number of aromatic nitrogens is 2. The highest BCUT2D eigenvalue weighted by Gasteiger charge is 2.18. The molecule has 1 amide bonds. The molecule has 0 aromatic carbocycles. The van der Waals surface area contributed by atoms with Crippen molar-refractivity contribution in [1.29, 1.82) is 0 Å². The molecule has 3 N–H and O–H groups in total. The summed E-state index contributed by atoms with van der Waals surface area (Å²) in [5.74, 6) is -0.150. The molecule has 90 valence electrons. The maximum absolute atomic E-state index is 11.9. The molecule has 1 unspecified atom stereocenters. The Morgan fingerprint density at radius 3 is 2.56 bits per heavy atom. The molecular formula is C11H20N4O. The smallest absolute Gasteiger partial charge is 0.228 e. The molecule has 5 heteroatoms. The van der Waals surface area contributed by atoms with E-state index in [-0.39, 0.29) is 11.8 Å². The second kappa shape index (κ2) is 5.12. The fraction of sp³-hybridized carbons (Fsp3) is 0.636. The standard InChI is InChI=1S/C11H20N4O/c1-5-9(6-12)11(16)13-10-7(2)14-15(4)8(10)3/h9H,5-6,12H2,1-4H3,(H,13,16). The number of nitrogens with two attached hydrogens (primary N) is 1. The van der Waals surface area contributed by atoms with Gasteiger partial charge in [0.15, 0.2) is 0 Å². The van der Waals surface area contributed by atoms with Gasteiger partial charge in [0.05, 0.1) is 23.0 Å². The van der Waals surface area contributed by atoms with Gasteiger partial charge in [-0.3, -0.25) is 9.48 Å². The van der Waals surface area contributed by atoms with Crippen LogP contribution in [0.25, 0.3) is 0 Å². The number of nitrogens with one attached hydrogen (secondary N) is 1. The van der Waals surface area contributed by atoms with Gasteiger partial charge in [-0.1, -0.05) is 6.92 Å². The van der Waals surface area contributed by atoms with Crippen molar-refractivity contribution in [3.05, 3.63) is 11.4 Å². The van der Waals surface area contributed by atoms with Gasteiger partial charge < -0.3 is 11.1 Å². The van der Waals surface area contributed by atoms with Crippen LogP contribution in [0.5, 0.6) is 0 Å². The number of amides is 1. The molecule has 1 aromatic heterocycles. The van der Waals surface area contributed by atoms with Crippen LogP contribution in [0, 0.1) is 19.8 Å². The molecule has 1 heterocycles. The average molecular weight is 224 g/mol. The van der Waals surface area contributed by atoms with Crippen LogP contribution in [0.4, 0.5) is 5.69 Å². The van der Waals surface area contributed by atoms with E-state index in [1.54, 1.807) is 4.68 Å². The molecular weight excluding hydrogens is 204 g/mol. The van der Waals surface area contributed by atoms with Crippen LogP contribution in [0.3, 0.4) is 0 Å². The number of aryl methyl sites for hydroxylation is 2. The minimum atomic E-state index is -0.126. The third kappa shape index (κ3) is 2.41. The Bertz CT molecular complexity index is 380. The summed E-state index contributed by atoms with van der Waals surface area (Å²) < 4.78 is 1.76. The van der Waals surface area contributed by atoms with Crippen LogP contribution in [-0.4, -0.2) is 22.2 Å². The predicted octanol–water partition coefficient (Wildman–Crippen LogP) is 0.960. The van der Waals surface area contributed by atoms with Crippen molar-refractivity contribution in [3.8, 4) is 0 Å². The first-order valence-corrected chi connectivity index (χ1v) is 5.52. The van der Waals surface area contributed by atoms with Gasteiger partial charge in [-0.05, 0) is 20.3 Å². The lowest BCUT2D eigenvalue weighted by atomic mass is 10.1. The third-order valence-corrected chi connectivity index (χ3v) is 2.91. The van der Waals surface area contributed by atoms with Crippen LogP contribution in [0.15, 0.2) is 0 Å². The van der Waals surface area contributed by atoms with Gasteiger partial charge >= 0.3 is 0 Å². The summed E-state index contributed by atoms with van der Waals surface area (Å²) in [4.78, 5) is 11.9. The number of anilines is 1. The second-order valence-corrected chi connectivity index (χ2v) is 4.00. The molecule has 0 saturated heterocycles. The molecule has 0 aliphatic rings. The van der Waals surface area contributed by atoms with Crippen molar-refractivity contribution in [2.45, 2.75) is 27.2 Å². The summed E-state index contributed by atoms with van der Waals surface area (Å²) in [6, 6.07) is 0. The molecule has 0 aliphatic carbocycles. The van der Waals surface area contributed by atoms with Crippen molar-refractivity contribution in [3.63, 3.8) is 0 Å². The molecule has 16 heavy (non-hydrogen) atoms. The first-order chi connectivity index (χ1) is 7.51. The zero-order chi connectivity index (χ0) is 12.3. The quantitative estimate of drug-likeness (QED) is 0.800. The van der Waals surface area contributed by atoms with E-state index >= 15 is 0 Å². The molecule has 0 radical (unpaired) electrons. The molecule has 0 spiro atoms. The fourth-order valence-electron chi connectivity index (χ4n) is 1.64. The van der Waals surface area contributed by atoms with E-state index in [1.807, 2.05) is 27.8 Å². The summed E-state index contributed by atoms with van der Waals surface area (Å²) in [6.45, 7) is 6.14. The summed E-state index contributed by atoms with van der Waals surface area (Å²) in [6.07, 6.45) is 0.751. The number of hydrogen-bond acceptors (Lipinski definition) is 3. The minimum absolute atomic E-state index is 0.0239. The second-order valence-electron chi connectivity index (χ2n) is 4.00. The molecule has 1 aromatic rings. The zero-order valence-corrected chi connectivity index (χ0v) is 10.4. The van der Waals surface area contributed by atoms with E-state index < -0.39 is 0 Å². The van der Waals surface area contributed by atoms with Crippen molar-refractivity contribution >= 4 is 11.6 Å². The first-order valence-electron chi connectivity index (χ1n) is 5.52. The van der Waals surface area contributed by atoms with Gasteiger partial charge in [0.1, 0.15) is 0 Å². The van der Waals surface area contributed by atoms with Gasteiger partial charge in [-0.25, -0.2) is 0 Å². The number of hydrogen-bond donors (Lipinski definition) is 2. The van der Waals surface area contributed by atoms with Gasteiger partial charge in [0.25, 0.3) is 0 Å². The molecule has 1 rings (SSSR count). The normalized spacial score (nSPS) is 12.6. The largest absolute Gasteiger partial charge is 0.330 e. The van der Waals surface area contributed by atoms with E-state index in [4.69, 9.17) is 5.73 Å². The fourth-order valence-corrected chi connectivity index (χ4v) is 1.64. The van der Waals surface area contributed by atoms with Gasteiger partial charge in [0.2, 0.25) is 5.91 Å². The van der Waals surface area contributed by atoms with Crippen LogP contribution in [-0.2, 0) is 11.8 Å². The van der Waals surface area contributed by atoms with Crippen LogP contribution in [0.1, 0.15) is 24.7 Å². The van der Waals surface area contributed by atoms with E-state index in [0.717, 1.165) is 23.5 Å². The van der Waals surface area contributed by atoms with Gasteiger partial charge in [0, 0.05) is 13.6 Å². The lowest BCUT2D eigenvalue weighted by Crippen LogP contribution is -2.29. The van der Waals surface area contributed by atoms with Gasteiger partial charge in [-0.15, -0.1) is 0 Å². The SMILES string of the molecule is CCC(CN)C(=O)Nc1c(C)nn(C)c1C. The summed E-state index contributed by atoms with van der Waals surface area (Å²) >= 11 is 0. The van der Waals surface area contributed by atoms with Crippen LogP contribution >= 0.6 is 0 Å². The molecule has 1 atom stereocenters. The van der Waals surface area contributed by atoms with Crippen molar-refractivity contribution in [2.75, 3.05) is 11.9 Å². The monoisotopic (exact) mass is 224 g/mol. The zero-order valence-electron chi connectivity index (χ0n) is 10.4. The van der Waals surface area contributed by atoms with Gasteiger partial charge in [-0.2, -0.15) is 5.10 Å². The lowest BCUT2D eigenvalue weighted by molar-refractivity contribution is -0.119. The Hall–Kier alpha value is -1.36. The van der Waals surface area contributed by atoms with E-state index in [2.05, 4.69) is 10.4 Å². The number of carbonyl (C=O) groups is 1. The Balaban J connectivity index is 2.84. The van der Waals surface area contributed by atoms with E-state index in [9.17, 15) is 4.79 Å². The minimum Gasteiger partial charge on any atom is -0.330 e. The Morgan fingerprint density at radius 2 is 2.19 bits per heavy atom. The Morgan fingerprint density at radius 1 is 1.56 bits per heavy atom.